The summed E-state index contributed by atoms with van der Waals surface area (Å²) in [6.07, 6.45) is 4.62. The zero-order chi connectivity index (χ0) is 14.8. The standard InChI is InChI=1S/C16H22FNO2/c1-16(2)8-4-5-11(9-16)10-20-13-7-3-6-12(14(13)17)15(18)19/h3,6-7,11H,4-5,8-10H2,1-2H3,(H2,18,19). The molecule has 2 rings (SSSR count). The van der Waals surface area contributed by atoms with Gasteiger partial charge in [0.05, 0.1) is 12.2 Å². The van der Waals surface area contributed by atoms with Gasteiger partial charge in [-0.25, -0.2) is 4.39 Å². The molecule has 0 saturated heterocycles. The quantitative estimate of drug-likeness (QED) is 0.916. The number of amides is 1. The van der Waals surface area contributed by atoms with Crippen LogP contribution in [-0.2, 0) is 0 Å². The highest BCUT2D eigenvalue weighted by Gasteiger charge is 2.28. The van der Waals surface area contributed by atoms with E-state index in [0.29, 0.717) is 17.9 Å². The van der Waals surface area contributed by atoms with E-state index in [9.17, 15) is 9.18 Å². The van der Waals surface area contributed by atoms with Gasteiger partial charge in [-0.15, -0.1) is 0 Å². The summed E-state index contributed by atoms with van der Waals surface area (Å²) in [6.45, 7) is 5.00. The number of carbonyl (C=O) groups excluding carboxylic acids is 1. The molecule has 1 atom stereocenters. The van der Waals surface area contributed by atoms with Crippen LogP contribution in [0.15, 0.2) is 18.2 Å². The molecule has 0 bridgehead atoms. The number of carbonyl (C=O) groups is 1. The lowest BCUT2D eigenvalue weighted by Gasteiger charge is -2.35. The smallest absolute Gasteiger partial charge is 0.251 e. The lowest BCUT2D eigenvalue weighted by molar-refractivity contribution is 0.0994. The van der Waals surface area contributed by atoms with Crippen LogP contribution in [0.2, 0.25) is 0 Å². The van der Waals surface area contributed by atoms with E-state index in [0.717, 1.165) is 12.8 Å². The van der Waals surface area contributed by atoms with Crippen molar-refractivity contribution in [1.29, 1.82) is 0 Å². The number of rotatable bonds is 4. The van der Waals surface area contributed by atoms with Gasteiger partial charge in [0.25, 0.3) is 5.91 Å². The Labute approximate surface area is 119 Å². The van der Waals surface area contributed by atoms with Crippen LogP contribution in [0.4, 0.5) is 4.39 Å². The predicted molar refractivity (Wildman–Crippen MR) is 76.2 cm³/mol. The van der Waals surface area contributed by atoms with Crippen LogP contribution in [0.5, 0.6) is 5.75 Å². The van der Waals surface area contributed by atoms with Crippen LogP contribution < -0.4 is 10.5 Å². The summed E-state index contributed by atoms with van der Waals surface area (Å²) in [5.74, 6) is -0.873. The molecule has 1 aromatic rings. The average Bonchev–Trinajstić information content (AvgIpc) is 2.36. The molecule has 20 heavy (non-hydrogen) atoms. The fourth-order valence-electron chi connectivity index (χ4n) is 3.02. The molecule has 0 spiro atoms. The van der Waals surface area contributed by atoms with Gasteiger partial charge in [-0.1, -0.05) is 26.3 Å². The Morgan fingerprint density at radius 3 is 2.90 bits per heavy atom. The maximum absolute atomic E-state index is 14.0. The highest BCUT2D eigenvalue weighted by atomic mass is 19.1. The molecule has 2 N–H and O–H groups in total. The van der Waals surface area contributed by atoms with Crippen molar-refractivity contribution in [2.24, 2.45) is 17.1 Å². The molecule has 1 aliphatic carbocycles. The minimum absolute atomic E-state index is 0.115. The van der Waals surface area contributed by atoms with Crippen molar-refractivity contribution in [2.45, 2.75) is 39.5 Å². The normalized spacial score (nSPS) is 21.4. The first-order valence-electron chi connectivity index (χ1n) is 7.10. The summed E-state index contributed by atoms with van der Waals surface area (Å²) >= 11 is 0. The van der Waals surface area contributed by atoms with E-state index < -0.39 is 11.7 Å². The lowest BCUT2D eigenvalue weighted by atomic mass is 9.72. The summed E-state index contributed by atoms with van der Waals surface area (Å²) in [5, 5.41) is 0. The van der Waals surface area contributed by atoms with E-state index in [1.54, 1.807) is 6.07 Å². The van der Waals surface area contributed by atoms with E-state index in [1.165, 1.54) is 25.0 Å². The summed E-state index contributed by atoms with van der Waals surface area (Å²) in [5.41, 5.74) is 5.34. The molecule has 1 saturated carbocycles. The Morgan fingerprint density at radius 1 is 1.50 bits per heavy atom. The molecule has 1 fully saturated rings. The van der Waals surface area contributed by atoms with Crippen molar-refractivity contribution in [1.82, 2.24) is 0 Å². The van der Waals surface area contributed by atoms with Crippen LogP contribution in [0, 0.1) is 17.2 Å². The molecule has 0 aromatic heterocycles. The first-order valence-corrected chi connectivity index (χ1v) is 7.10. The van der Waals surface area contributed by atoms with Crippen molar-refractivity contribution < 1.29 is 13.9 Å². The number of halogens is 1. The Hall–Kier alpha value is -1.58. The molecule has 1 aliphatic rings. The van der Waals surface area contributed by atoms with Gasteiger partial charge in [-0.3, -0.25) is 4.79 Å². The first-order chi connectivity index (χ1) is 9.39. The fraction of sp³-hybridized carbons (Fsp3) is 0.562. The number of primary amides is 1. The van der Waals surface area contributed by atoms with E-state index in [2.05, 4.69) is 13.8 Å². The number of ether oxygens (including phenoxy) is 1. The van der Waals surface area contributed by atoms with Crippen molar-refractivity contribution in [2.75, 3.05) is 6.61 Å². The topological polar surface area (TPSA) is 52.3 Å². The molecular formula is C16H22FNO2. The summed E-state index contributed by atoms with van der Waals surface area (Å²) < 4.78 is 19.6. The van der Waals surface area contributed by atoms with Gasteiger partial charge >= 0.3 is 0 Å². The van der Waals surface area contributed by atoms with Gasteiger partial charge in [-0.05, 0) is 42.7 Å². The Bertz CT molecular complexity index is 499. The van der Waals surface area contributed by atoms with Crippen LogP contribution in [-0.4, -0.2) is 12.5 Å². The van der Waals surface area contributed by atoms with Crippen LogP contribution >= 0.6 is 0 Å². The van der Waals surface area contributed by atoms with Crippen molar-refractivity contribution in [3.63, 3.8) is 0 Å². The second-order valence-electron chi connectivity index (χ2n) is 6.42. The van der Waals surface area contributed by atoms with Gasteiger partial charge in [0.15, 0.2) is 11.6 Å². The van der Waals surface area contributed by atoms with Gasteiger partial charge < -0.3 is 10.5 Å². The molecule has 0 heterocycles. The van der Waals surface area contributed by atoms with Gasteiger partial charge in [0.1, 0.15) is 0 Å². The molecule has 1 amide bonds. The van der Waals surface area contributed by atoms with Crippen molar-refractivity contribution in [3.05, 3.63) is 29.6 Å². The van der Waals surface area contributed by atoms with E-state index in [4.69, 9.17) is 10.5 Å². The average molecular weight is 279 g/mol. The number of hydrogen-bond donors (Lipinski definition) is 1. The summed E-state index contributed by atoms with van der Waals surface area (Å²) in [6, 6.07) is 4.49. The largest absolute Gasteiger partial charge is 0.490 e. The predicted octanol–water partition coefficient (Wildman–Crippen LogP) is 3.52. The van der Waals surface area contributed by atoms with Gasteiger partial charge in [0.2, 0.25) is 0 Å². The highest BCUT2D eigenvalue weighted by molar-refractivity contribution is 5.93. The number of hydrogen-bond acceptors (Lipinski definition) is 2. The summed E-state index contributed by atoms with van der Waals surface area (Å²) in [4.78, 5) is 11.1. The van der Waals surface area contributed by atoms with E-state index >= 15 is 0 Å². The van der Waals surface area contributed by atoms with E-state index in [-0.39, 0.29) is 11.3 Å². The van der Waals surface area contributed by atoms with Crippen molar-refractivity contribution in [3.8, 4) is 5.75 Å². The van der Waals surface area contributed by atoms with Crippen molar-refractivity contribution >= 4 is 5.91 Å². The Morgan fingerprint density at radius 2 is 2.25 bits per heavy atom. The molecule has 3 nitrogen and oxygen atoms in total. The van der Waals surface area contributed by atoms with Crippen LogP contribution in [0.25, 0.3) is 0 Å². The van der Waals surface area contributed by atoms with Gasteiger partial charge in [-0.2, -0.15) is 0 Å². The number of benzene rings is 1. The SMILES string of the molecule is CC1(C)CCCC(COc2cccc(C(N)=O)c2F)C1. The third-order valence-electron chi connectivity index (χ3n) is 4.01. The molecule has 110 valence electrons. The molecule has 0 radical (unpaired) electrons. The second-order valence-corrected chi connectivity index (χ2v) is 6.42. The monoisotopic (exact) mass is 279 g/mol. The molecule has 4 heteroatoms. The van der Waals surface area contributed by atoms with E-state index in [1.807, 2.05) is 0 Å². The minimum Gasteiger partial charge on any atom is -0.490 e. The Balaban J connectivity index is 2.01. The molecular weight excluding hydrogens is 257 g/mol. The fourth-order valence-corrected chi connectivity index (χ4v) is 3.02. The Kier molecular flexibility index (Phi) is 4.31. The molecule has 1 aromatic carbocycles. The minimum atomic E-state index is -0.772. The van der Waals surface area contributed by atoms with Crippen LogP contribution in [0.1, 0.15) is 49.9 Å². The number of nitrogens with two attached hydrogens (primary N) is 1. The third-order valence-corrected chi connectivity index (χ3v) is 4.01. The zero-order valence-electron chi connectivity index (χ0n) is 12.1. The second kappa shape index (κ2) is 5.81. The zero-order valence-corrected chi connectivity index (χ0v) is 12.1. The van der Waals surface area contributed by atoms with Gasteiger partial charge in [0, 0.05) is 0 Å². The third kappa shape index (κ3) is 3.50. The maximum atomic E-state index is 14.0. The highest BCUT2D eigenvalue weighted by Crippen LogP contribution is 2.38. The molecule has 0 aliphatic heterocycles. The molecule has 1 unspecified atom stereocenters. The first kappa shape index (κ1) is 14.8. The van der Waals surface area contributed by atoms with Crippen LogP contribution in [0.3, 0.4) is 0 Å². The lowest BCUT2D eigenvalue weighted by Crippen LogP contribution is -2.26. The maximum Gasteiger partial charge on any atom is 0.251 e. The summed E-state index contributed by atoms with van der Waals surface area (Å²) in [7, 11) is 0.